The van der Waals surface area contributed by atoms with Gasteiger partial charge in [-0.2, -0.15) is 0 Å². The summed E-state index contributed by atoms with van der Waals surface area (Å²) in [6.07, 6.45) is 15.3. The Morgan fingerprint density at radius 2 is 1.90 bits per heavy atom. The van der Waals surface area contributed by atoms with E-state index in [1.54, 1.807) is 22.3 Å². The third kappa shape index (κ3) is 2.79. The summed E-state index contributed by atoms with van der Waals surface area (Å²) in [6.45, 7) is 0. The van der Waals surface area contributed by atoms with Crippen molar-refractivity contribution in [2.75, 3.05) is 0 Å². The van der Waals surface area contributed by atoms with Crippen LogP contribution in [-0.4, -0.2) is 5.97 Å². The minimum absolute atomic E-state index is 0.455. The Labute approximate surface area is 131 Å². The molecule has 3 heteroatoms. The molecular formula is C18H24O2Ti. The Kier molecular flexibility index (Phi) is 4.17. The van der Waals surface area contributed by atoms with Gasteiger partial charge in [0.2, 0.25) is 0 Å². The van der Waals surface area contributed by atoms with Crippen molar-refractivity contribution in [2.24, 2.45) is 0 Å². The fourth-order valence-corrected chi connectivity index (χ4v) is 8.67. The monoisotopic (exact) mass is 320 g/mol. The zero-order chi connectivity index (χ0) is 15.0. The third-order valence-electron chi connectivity index (χ3n) is 5.39. The molecule has 0 spiro atoms. The van der Waals surface area contributed by atoms with Crippen LogP contribution in [0.15, 0.2) is 22.3 Å². The van der Waals surface area contributed by atoms with Gasteiger partial charge in [0, 0.05) is 0 Å². The van der Waals surface area contributed by atoms with Crippen LogP contribution in [0.4, 0.5) is 0 Å². The van der Waals surface area contributed by atoms with E-state index in [1.165, 1.54) is 44.9 Å². The SMILES string of the molecule is C#CC(=O)[O][Ti]([CH3])([CH3])[CH]1CCCC2=C1CC1=C2CCCC1. The summed E-state index contributed by atoms with van der Waals surface area (Å²) < 4.78 is 6.26. The first-order valence-electron chi connectivity index (χ1n) is 8.15. The molecule has 21 heavy (non-hydrogen) atoms. The van der Waals surface area contributed by atoms with Crippen LogP contribution in [0.5, 0.6) is 0 Å². The Morgan fingerprint density at radius 1 is 1.19 bits per heavy atom. The van der Waals surface area contributed by atoms with Gasteiger partial charge in [0.25, 0.3) is 0 Å². The quantitative estimate of drug-likeness (QED) is 0.536. The molecule has 0 aromatic carbocycles. The number of allylic oxidation sites excluding steroid dienone is 4. The van der Waals surface area contributed by atoms with Crippen LogP contribution < -0.4 is 0 Å². The van der Waals surface area contributed by atoms with Crippen molar-refractivity contribution in [1.29, 1.82) is 0 Å². The molecule has 0 N–H and O–H groups in total. The molecule has 0 bridgehead atoms. The van der Waals surface area contributed by atoms with Gasteiger partial charge in [0.05, 0.1) is 0 Å². The van der Waals surface area contributed by atoms with Crippen LogP contribution in [0, 0.1) is 12.3 Å². The first-order valence-corrected chi connectivity index (χ1v) is 12.8. The first-order chi connectivity index (χ1) is 10.0. The van der Waals surface area contributed by atoms with E-state index in [-0.39, 0.29) is 0 Å². The van der Waals surface area contributed by atoms with Crippen molar-refractivity contribution in [3.63, 3.8) is 0 Å². The van der Waals surface area contributed by atoms with Gasteiger partial charge < -0.3 is 0 Å². The van der Waals surface area contributed by atoms with Crippen LogP contribution in [-0.2, 0) is 25.1 Å². The molecule has 0 aliphatic heterocycles. The maximum atomic E-state index is 11.6. The van der Waals surface area contributed by atoms with Crippen molar-refractivity contribution < 1.29 is 25.1 Å². The molecule has 112 valence electrons. The van der Waals surface area contributed by atoms with E-state index in [0.29, 0.717) is 4.22 Å². The van der Waals surface area contributed by atoms with E-state index in [0.717, 1.165) is 6.42 Å². The molecule has 3 rings (SSSR count). The summed E-state index contributed by atoms with van der Waals surface area (Å²) in [5.41, 5.74) is 6.65. The average molecular weight is 320 g/mol. The van der Waals surface area contributed by atoms with E-state index in [1.807, 2.05) is 0 Å². The van der Waals surface area contributed by atoms with Crippen LogP contribution in [0.3, 0.4) is 0 Å². The second-order valence-corrected chi connectivity index (χ2v) is 13.5. The number of carbonyl (C=O) groups is 1. The van der Waals surface area contributed by atoms with Crippen LogP contribution in [0.1, 0.15) is 51.4 Å². The average Bonchev–Trinajstić information content (AvgIpc) is 2.85. The zero-order valence-electron chi connectivity index (χ0n) is 13.1. The molecule has 3 aliphatic rings. The van der Waals surface area contributed by atoms with E-state index in [4.69, 9.17) is 9.74 Å². The molecule has 0 aromatic rings. The summed E-state index contributed by atoms with van der Waals surface area (Å²) >= 11 is -2.68. The molecule has 0 saturated heterocycles. The van der Waals surface area contributed by atoms with Gasteiger partial charge in [0.15, 0.2) is 0 Å². The third-order valence-corrected chi connectivity index (χ3v) is 10.1. The Bertz CT molecular complexity index is 575. The molecule has 0 radical (unpaired) electrons. The van der Waals surface area contributed by atoms with Crippen molar-refractivity contribution in [3.8, 4) is 12.3 Å². The maximum absolute atomic E-state index is 11.6. The zero-order valence-corrected chi connectivity index (χ0v) is 14.7. The van der Waals surface area contributed by atoms with Crippen molar-refractivity contribution in [1.82, 2.24) is 0 Å². The summed E-state index contributed by atoms with van der Waals surface area (Å²) in [5.74, 6) is 1.67. The standard InChI is InChI=1S/C13H17.C3H2O2.2CH3.Ti/c1-3-7-12-10(5-1)9-11-6-2-4-8-13(11)12;1-2-3(4)5;;;/h5H,1-4,6-9H2;1H,(H,4,5);2*1H3;/q;;;;+1/p-1. The molecule has 0 amide bonds. The van der Waals surface area contributed by atoms with Crippen molar-refractivity contribution in [2.45, 2.75) is 66.0 Å². The Hall–Kier alpha value is -0.776. The number of terminal acetylenes is 1. The molecule has 0 saturated carbocycles. The summed E-state index contributed by atoms with van der Waals surface area (Å²) in [6, 6.07) is 0. The van der Waals surface area contributed by atoms with Gasteiger partial charge in [-0.1, -0.05) is 0 Å². The van der Waals surface area contributed by atoms with E-state index in [9.17, 15) is 4.79 Å². The van der Waals surface area contributed by atoms with Gasteiger partial charge in [-0.3, -0.25) is 0 Å². The molecule has 0 fully saturated rings. The fourth-order valence-electron chi connectivity index (χ4n) is 4.47. The minimum atomic E-state index is -2.68. The summed E-state index contributed by atoms with van der Waals surface area (Å²) in [4.78, 5) is 11.6. The molecule has 0 aromatic heterocycles. The number of rotatable bonds is 2. The second kappa shape index (κ2) is 5.78. The van der Waals surface area contributed by atoms with E-state index in [2.05, 4.69) is 16.4 Å². The van der Waals surface area contributed by atoms with Gasteiger partial charge in [-0.05, 0) is 0 Å². The number of hydrogen-bond acceptors (Lipinski definition) is 2. The van der Waals surface area contributed by atoms with E-state index >= 15 is 0 Å². The van der Waals surface area contributed by atoms with E-state index < -0.39 is 22.9 Å². The summed E-state index contributed by atoms with van der Waals surface area (Å²) in [5, 5.41) is 4.40. The van der Waals surface area contributed by atoms with Crippen LogP contribution >= 0.6 is 0 Å². The Balaban J connectivity index is 1.87. The normalized spacial score (nSPS) is 25.3. The topological polar surface area (TPSA) is 26.3 Å². The van der Waals surface area contributed by atoms with Gasteiger partial charge in [0.1, 0.15) is 0 Å². The molecule has 1 atom stereocenters. The van der Waals surface area contributed by atoms with Gasteiger partial charge in [-0.25, -0.2) is 0 Å². The number of hydrogen-bond donors (Lipinski definition) is 0. The number of carbonyl (C=O) groups excluding carboxylic acids is 1. The molecule has 2 nitrogen and oxygen atoms in total. The Morgan fingerprint density at radius 3 is 2.67 bits per heavy atom. The predicted molar refractivity (Wildman–Crippen MR) is 81.4 cm³/mol. The van der Waals surface area contributed by atoms with Gasteiger partial charge in [-0.15, -0.1) is 0 Å². The van der Waals surface area contributed by atoms with Crippen LogP contribution in [0.2, 0.25) is 14.7 Å². The second-order valence-electron chi connectivity index (χ2n) is 7.05. The summed E-state index contributed by atoms with van der Waals surface area (Å²) in [7, 11) is 0. The molecular weight excluding hydrogens is 296 g/mol. The fraction of sp³-hybridized carbons (Fsp3) is 0.611. The van der Waals surface area contributed by atoms with Crippen molar-refractivity contribution >= 4 is 5.97 Å². The predicted octanol–water partition coefficient (Wildman–Crippen LogP) is 4.87. The van der Waals surface area contributed by atoms with Gasteiger partial charge >= 0.3 is 132 Å². The van der Waals surface area contributed by atoms with Crippen molar-refractivity contribution in [3.05, 3.63) is 22.3 Å². The first kappa shape index (κ1) is 15.1. The number of fused-ring (bicyclic) bond motifs is 1. The molecule has 1 unspecified atom stereocenters. The molecule has 0 heterocycles. The van der Waals surface area contributed by atoms with Crippen LogP contribution in [0.25, 0.3) is 0 Å². The molecule has 3 aliphatic carbocycles.